The summed E-state index contributed by atoms with van der Waals surface area (Å²) in [6.07, 6.45) is 6.45. The van der Waals surface area contributed by atoms with E-state index in [0.717, 1.165) is 12.3 Å². The zero-order valence-corrected chi connectivity index (χ0v) is 8.92. The maximum atomic E-state index is 8.82. The molecule has 0 spiro atoms. The Hall–Kier alpha value is -0.480. The molecule has 0 aliphatic carbocycles. The second-order valence-electron chi connectivity index (χ2n) is 3.57. The number of hydrogen-bond acceptors (Lipinski definition) is 4. The van der Waals surface area contributed by atoms with Crippen LogP contribution in [0.2, 0.25) is 0 Å². The third kappa shape index (κ3) is 2.51. The first-order valence-electron chi connectivity index (χ1n) is 5.04. The van der Waals surface area contributed by atoms with Crippen LogP contribution in [0.1, 0.15) is 30.9 Å². The van der Waals surface area contributed by atoms with Crippen LogP contribution >= 0.6 is 11.8 Å². The number of aliphatic hydroxyl groups is 1. The lowest BCUT2D eigenvalue weighted by Gasteiger charge is -2.19. The number of aliphatic hydroxyl groups excluding tert-OH is 1. The lowest BCUT2D eigenvalue weighted by molar-refractivity contribution is 0.243. The molecule has 3 nitrogen and oxygen atoms in total. The minimum absolute atomic E-state index is 0.0508. The molecular formula is C10H15NO2S. The van der Waals surface area contributed by atoms with E-state index in [9.17, 15) is 0 Å². The van der Waals surface area contributed by atoms with E-state index in [1.165, 1.54) is 25.0 Å². The summed E-state index contributed by atoms with van der Waals surface area (Å²) >= 11 is 2.01. The van der Waals surface area contributed by atoms with Crippen LogP contribution in [0.3, 0.4) is 0 Å². The first-order valence-corrected chi connectivity index (χ1v) is 6.09. The average molecular weight is 213 g/mol. The van der Waals surface area contributed by atoms with E-state index in [0.29, 0.717) is 11.0 Å². The molecule has 14 heavy (non-hydrogen) atoms. The Morgan fingerprint density at radius 1 is 1.57 bits per heavy atom. The molecule has 0 radical (unpaired) electrons. The molecule has 1 atom stereocenters. The van der Waals surface area contributed by atoms with E-state index in [4.69, 9.17) is 9.52 Å². The Morgan fingerprint density at radius 3 is 3.14 bits per heavy atom. The van der Waals surface area contributed by atoms with E-state index in [1.807, 2.05) is 11.8 Å². The van der Waals surface area contributed by atoms with Gasteiger partial charge in [0.1, 0.15) is 12.4 Å². The van der Waals surface area contributed by atoms with E-state index >= 15 is 0 Å². The molecule has 1 N–H and O–H groups in total. The van der Waals surface area contributed by atoms with Crippen molar-refractivity contribution in [2.45, 2.75) is 37.5 Å². The van der Waals surface area contributed by atoms with Crippen LogP contribution in [0, 0.1) is 0 Å². The molecular weight excluding hydrogens is 198 g/mol. The van der Waals surface area contributed by atoms with Gasteiger partial charge in [-0.3, -0.25) is 0 Å². The number of hydrogen-bond donors (Lipinski definition) is 1. The monoisotopic (exact) mass is 213 g/mol. The third-order valence-corrected chi connectivity index (χ3v) is 3.83. The van der Waals surface area contributed by atoms with Crippen LogP contribution in [-0.4, -0.2) is 21.1 Å². The molecule has 1 aliphatic heterocycles. The van der Waals surface area contributed by atoms with Crippen LogP contribution < -0.4 is 0 Å². The zero-order valence-electron chi connectivity index (χ0n) is 8.11. The Kier molecular flexibility index (Phi) is 3.48. The second-order valence-corrected chi connectivity index (χ2v) is 4.98. The molecule has 1 aliphatic rings. The predicted octanol–water partition coefficient (Wildman–Crippen LogP) is 2.00. The van der Waals surface area contributed by atoms with Gasteiger partial charge in [-0.15, -0.1) is 0 Å². The van der Waals surface area contributed by atoms with Crippen molar-refractivity contribution in [2.24, 2.45) is 0 Å². The summed E-state index contributed by atoms with van der Waals surface area (Å²) in [5, 5.41) is 9.48. The fourth-order valence-electron chi connectivity index (χ4n) is 1.68. The number of aromatic nitrogens is 1. The summed E-state index contributed by atoms with van der Waals surface area (Å²) in [5.41, 5.74) is 0. The summed E-state index contributed by atoms with van der Waals surface area (Å²) in [6, 6.07) is 0. The van der Waals surface area contributed by atoms with Gasteiger partial charge in [-0.2, -0.15) is 11.8 Å². The van der Waals surface area contributed by atoms with Gasteiger partial charge >= 0.3 is 0 Å². The fourth-order valence-corrected chi connectivity index (χ4v) is 2.98. The third-order valence-electron chi connectivity index (χ3n) is 2.43. The van der Waals surface area contributed by atoms with Crippen LogP contribution in [0.5, 0.6) is 0 Å². The predicted molar refractivity (Wildman–Crippen MR) is 56.2 cm³/mol. The van der Waals surface area contributed by atoms with Crippen molar-refractivity contribution < 1.29 is 9.52 Å². The summed E-state index contributed by atoms with van der Waals surface area (Å²) in [4.78, 5) is 4.14. The lowest BCUT2D eigenvalue weighted by Crippen LogP contribution is -2.12. The van der Waals surface area contributed by atoms with Crippen molar-refractivity contribution in [2.75, 3.05) is 5.75 Å². The van der Waals surface area contributed by atoms with Gasteiger partial charge in [0.05, 0.1) is 6.20 Å². The van der Waals surface area contributed by atoms with Gasteiger partial charge in [-0.1, -0.05) is 6.42 Å². The standard InChI is InChI=1S/C10H15NO2S/c12-7-8-6-11-10(13-8)5-9-3-1-2-4-14-9/h6,9,12H,1-5,7H2. The topological polar surface area (TPSA) is 46.3 Å². The van der Waals surface area contributed by atoms with E-state index in [1.54, 1.807) is 6.20 Å². The highest BCUT2D eigenvalue weighted by Gasteiger charge is 2.16. The lowest BCUT2D eigenvalue weighted by atomic mass is 10.1. The first kappa shape index (κ1) is 10.1. The SMILES string of the molecule is OCc1cnc(CC2CCCCS2)o1. The summed E-state index contributed by atoms with van der Waals surface area (Å²) in [7, 11) is 0. The molecule has 2 rings (SSSR count). The minimum Gasteiger partial charge on any atom is -0.443 e. The first-order chi connectivity index (χ1) is 6.88. The smallest absolute Gasteiger partial charge is 0.195 e. The Labute approximate surface area is 87.9 Å². The van der Waals surface area contributed by atoms with Gasteiger partial charge in [0.25, 0.3) is 0 Å². The highest BCUT2D eigenvalue weighted by molar-refractivity contribution is 7.99. The molecule has 0 amide bonds. The minimum atomic E-state index is -0.0508. The van der Waals surface area contributed by atoms with Gasteiger partial charge in [-0.25, -0.2) is 4.98 Å². The molecule has 1 fully saturated rings. The highest BCUT2D eigenvalue weighted by atomic mass is 32.2. The van der Waals surface area contributed by atoms with Crippen molar-refractivity contribution in [1.29, 1.82) is 0 Å². The summed E-state index contributed by atoms with van der Waals surface area (Å²) < 4.78 is 5.36. The highest BCUT2D eigenvalue weighted by Crippen LogP contribution is 2.27. The summed E-state index contributed by atoms with van der Waals surface area (Å²) in [5.74, 6) is 2.60. The maximum absolute atomic E-state index is 8.82. The van der Waals surface area contributed by atoms with Crippen molar-refractivity contribution >= 4 is 11.8 Å². The van der Waals surface area contributed by atoms with E-state index in [2.05, 4.69) is 4.98 Å². The van der Waals surface area contributed by atoms with Crippen LogP contribution in [0.25, 0.3) is 0 Å². The van der Waals surface area contributed by atoms with Gasteiger partial charge in [0, 0.05) is 11.7 Å². The quantitative estimate of drug-likeness (QED) is 0.834. The van der Waals surface area contributed by atoms with Gasteiger partial charge in [-0.05, 0) is 18.6 Å². The largest absolute Gasteiger partial charge is 0.443 e. The molecule has 1 aromatic rings. The van der Waals surface area contributed by atoms with Gasteiger partial charge in [0.15, 0.2) is 5.89 Å². The molecule has 2 heterocycles. The Morgan fingerprint density at radius 2 is 2.50 bits per heavy atom. The molecule has 1 aromatic heterocycles. The van der Waals surface area contributed by atoms with Crippen LogP contribution in [0.15, 0.2) is 10.6 Å². The average Bonchev–Trinajstić information content (AvgIpc) is 2.67. The van der Waals surface area contributed by atoms with E-state index < -0.39 is 0 Å². The molecule has 4 heteroatoms. The summed E-state index contributed by atoms with van der Waals surface area (Å²) in [6.45, 7) is -0.0508. The number of nitrogens with zero attached hydrogens (tertiary/aromatic N) is 1. The Balaban J connectivity index is 1.89. The van der Waals surface area contributed by atoms with Crippen molar-refractivity contribution in [1.82, 2.24) is 4.98 Å². The van der Waals surface area contributed by atoms with Crippen LogP contribution in [-0.2, 0) is 13.0 Å². The van der Waals surface area contributed by atoms with E-state index in [-0.39, 0.29) is 6.61 Å². The molecule has 0 saturated carbocycles. The molecule has 78 valence electrons. The van der Waals surface area contributed by atoms with Crippen molar-refractivity contribution in [3.63, 3.8) is 0 Å². The fraction of sp³-hybridized carbons (Fsp3) is 0.700. The van der Waals surface area contributed by atoms with Gasteiger partial charge < -0.3 is 9.52 Å². The maximum Gasteiger partial charge on any atom is 0.195 e. The molecule has 0 aromatic carbocycles. The van der Waals surface area contributed by atoms with Crippen molar-refractivity contribution in [3.05, 3.63) is 17.8 Å². The number of oxazole rings is 1. The normalized spacial score (nSPS) is 22.5. The van der Waals surface area contributed by atoms with Crippen LogP contribution in [0.4, 0.5) is 0 Å². The zero-order chi connectivity index (χ0) is 9.80. The molecule has 1 unspecified atom stereocenters. The molecule has 0 bridgehead atoms. The molecule has 1 saturated heterocycles. The second kappa shape index (κ2) is 4.84. The van der Waals surface area contributed by atoms with Crippen molar-refractivity contribution in [3.8, 4) is 0 Å². The number of rotatable bonds is 3. The van der Waals surface area contributed by atoms with Gasteiger partial charge in [0.2, 0.25) is 0 Å². The Bertz CT molecular complexity index is 281. The number of thioether (sulfide) groups is 1.